The molecule has 1 aromatic carbocycles. The van der Waals surface area contributed by atoms with E-state index in [0.29, 0.717) is 0 Å². The summed E-state index contributed by atoms with van der Waals surface area (Å²) in [6.07, 6.45) is 0. The van der Waals surface area contributed by atoms with Gasteiger partial charge in [-0.25, -0.2) is 4.99 Å². The fraction of sp³-hybridized carbons (Fsp3) is 0.200. The molecule has 1 aromatic rings. The average Bonchev–Trinajstić information content (AvgIpc) is 2.42. The molecule has 1 atom stereocenters. The van der Waals surface area contributed by atoms with Gasteiger partial charge in [0.05, 0.1) is 0 Å². The minimum Gasteiger partial charge on any atom is -0.370 e. The Bertz CT molecular complexity index is 440. The fourth-order valence-electron chi connectivity index (χ4n) is 1.53. The zero-order valence-corrected chi connectivity index (χ0v) is 10.3. The number of amides is 1. The summed E-state index contributed by atoms with van der Waals surface area (Å²) in [5.74, 6) is 0.00209. The Morgan fingerprint density at radius 2 is 2.00 bits per heavy atom. The fourth-order valence-corrected chi connectivity index (χ4v) is 1.89. The molecule has 2 rings (SSSR count). The van der Waals surface area contributed by atoms with Crippen molar-refractivity contribution in [2.75, 3.05) is 0 Å². The first-order valence-corrected chi connectivity index (χ1v) is 5.53. The standard InChI is InChI=1S/C10H10IN3O/c1-10(8(15)13-9(12)14-10)6-2-4-7(11)5-3-6/h2-5H,1H3,(H3,12,13,14,15). The van der Waals surface area contributed by atoms with Gasteiger partial charge in [-0.2, -0.15) is 0 Å². The number of nitrogens with one attached hydrogen (secondary N) is 1. The second-order valence-electron chi connectivity index (χ2n) is 3.53. The lowest BCUT2D eigenvalue weighted by atomic mass is 9.93. The molecule has 1 aliphatic heterocycles. The molecule has 1 amide bonds. The highest BCUT2D eigenvalue weighted by Gasteiger charge is 2.39. The van der Waals surface area contributed by atoms with Gasteiger partial charge >= 0.3 is 0 Å². The number of rotatable bonds is 1. The summed E-state index contributed by atoms with van der Waals surface area (Å²) in [6.45, 7) is 1.75. The van der Waals surface area contributed by atoms with Gasteiger partial charge in [-0.3, -0.25) is 10.1 Å². The number of nitrogens with zero attached hydrogens (tertiary/aromatic N) is 1. The maximum atomic E-state index is 11.7. The van der Waals surface area contributed by atoms with E-state index in [-0.39, 0.29) is 11.9 Å². The van der Waals surface area contributed by atoms with E-state index < -0.39 is 5.54 Å². The lowest BCUT2D eigenvalue weighted by molar-refractivity contribution is -0.123. The Hall–Kier alpha value is -1.11. The number of nitrogens with two attached hydrogens (primary N) is 1. The zero-order chi connectivity index (χ0) is 11.1. The predicted molar refractivity (Wildman–Crippen MR) is 66.3 cm³/mol. The van der Waals surface area contributed by atoms with Crippen molar-refractivity contribution < 1.29 is 4.79 Å². The van der Waals surface area contributed by atoms with Gasteiger partial charge in [0, 0.05) is 3.57 Å². The lowest BCUT2D eigenvalue weighted by Gasteiger charge is -2.17. The molecule has 4 nitrogen and oxygen atoms in total. The number of guanidine groups is 1. The van der Waals surface area contributed by atoms with Crippen molar-refractivity contribution in [1.82, 2.24) is 5.32 Å². The third-order valence-corrected chi connectivity index (χ3v) is 3.15. The molecule has 0 fully saturated rings. The third-order valence-electron chi connectivity index (χ3n) is 2.43. The van der Waals surface area contributed by atoms with Crippen LogP contribution < -0.4 is 11.1 Å². The van der Waals surface area contributed by atoms with Crippen LogP contribution in [0, 0.1) is 3.57 Å². The monoisotopic (exact) mass is 315 g/mol. The molecule has 5 heteroatoms. The van der Waals surface area contributed by atoms with Gasteiger partial charge in [-0.05, 0) is 47.2 Å². The quantitative estimate of drug-likeness (QED) is 0.758. The van der Waals surface area contributed by atoms with Gasteiger partial charge < -0.3 is 5.73 Å². The van der Waals surface area contributed by atoms with Crippen LogP contribution in [0.2, 0.25) is 0 Å². The molecule has 1 heterocycles. The highest BCUT2D eigenvalue weighted by Crippen LogP contribution is 2.28. The number of hydrogen-bond donors (Lipinski definition) is 2. The van der Waals surface area contributed by atoms with Crippen molar-refractivity contribution >= 4 is 34.5 Å². The van der Waals surface area contributed by atoms with Crippen LogP contribution in [0.5, 0.6) is 0 Å². The Kier molecular flexibility index (Phi) is 2.41. The van der Waals surface area contributed by atoms with Crippen LogP contribution in [0.15, 0.2) is 29.3 Å². The van der Waals surface area contributed by atoms with E-state index in [0.717, 1.165) is 9.13 Å². The smallest absolute Gasteiger partial charge is 0.259 e. The normalized spacial score (nSPS) is 24.9. The topological polar surface area (TPSA) is 67.5 Å². The van der Waals surface area contributed by atoms with Crippen molar-refractivity contribution in [3.8, 4) is 0 Å². The number of carbonyl (C=O) groups is 1. The summed E-state index contributed by atoms with van der Waals surface area (Å²) in [6, 6.07) is 7.67. The van der Waals surface area contributed by atoms with E-state index >= 15 is 0 Å². The SMILES string of the molecule is CC1(c2ccc(I)cc2)N=C(N)NC1=O. The number of hydrogen-bond acceptors (Lipinski definition) is 3. The van der Waals surface area contributed by atoms with Gasteiger partial charge in [0.1, 0.15) is 0 Å². The van der Waals surface area contributed by atoms with Crippen LogP contribution in [-0.4, -0.2) is 11.9 Å². The number of benzene rings is 1. The first-order chi connectivity index (χ1) is 7.02. The van der Waals surface area contributed by atoms with Crippen molar-refractivity contribution in [2.24, 2.45) is 10.7 Å². The Morgan fingerprint density at radius 3 is 2.47 bits per heavy atom. The summed E-state index contributed by atoms with van der Waals surface area (Å²) < 4.78 is 1.12. The van der Waals surface area contributed by atoms with E-state index in [2.05, 4.69) is 32.9 Å². The molecule has 0 saturated carbocycles. The van der Waals surface area contributed by atoms with Crippen molar-refractivity contribution in [1.29, 1.82) is 0 Å². The molecule has 3 N–H and O–H groups in total. The Balaban J connectivity index is 2.46. The summed E-state index contributed by atoms with van der Waals surface area (Å²) in [5, 5.41) is 2.51. The second kappa shape index (κ2) is 3.48. The van der Waals surface area contributed by atoms with Crippen molar-refractivity contribution in [3.63, 3.8) is 0 Å². The molecule has 15 heavy (non-hydrogen) atoms. The summed E-state index contributed by atoms with van der Waals surface area (Å²) >= 11 is 2.21. The maximum absolute atomic E-state index is 11.7. The molecule has 0 spiro atoms. The molecule has 0 saturated heterocycles. The van der Waals surface area contributed by atoms with Gasteiger partial charge in [0.25, 0.3) is 5.91 Å². The predicted octanol–water partition coefficient (Wildman–Crippen LogP) is 0.951. The van der Waals surface area contributed by atoms with E-state index in [1.54, 1.807) is 6.92 Å². The summed E-state index contributed by atoms with van der Waals surface area (Å²) in [7, 11) is 0. The van der Waals surface area contributed by atoms with Crippen molar-refractivity contribution in [2.45, 2.75) is 12.5 Å². The van der Waals surface area contributed by atoms with Gasteiger partial charge in [-0.1, -0.05) is 12.1 Å². The maximum Gasteiger partial charge on any atom is 0.259 e. The largest absolute Gasteiger partial charge is 0.370 e. The summed E-state index contributed by atoms with van der Waals surface area (Å²) in [5.41, 5.74) is 5.45. The first kappa shape index (κ1) is 10.4. The third kappa shape index (κ3) is 1.71. The van der Waals surface area contributed by atoms with Crippen LogP contribution >= 0.6 is 22.6 Å². The molecule has 0 aromatic heterocycles. The number of halogens is 1. The molecule has 0 aliphatic carbocycles. The highest BCUT2D eigenvalue weighted by atomic mass is 127. The van der Waals surface area contributed by atoms with E-state index in [9.17, 15) is 4.79 Å². The first-order valence-electron chi connectivity index (χ1n) is 4.45. The molecule has 0 bridgehead atoms. The van der Waals surface area contributed by atoms with Gasteiger partial charge in [0.15, 0.2) is 11.5 Å². The molecule has 78 valence electrons. The van der Waals surface area contributed by atoms with E-state index in [4.69, 9.17) is 5.73 Å². The van der Waals surface area contributed by atoms with Crippen LogP contribution in [0.1, 0.15) is 12.5 Å². The van der Waals surface area contributed by atoms with Crippen LogP contribution in [0.25, 0.3) is 0 Å². The Labute approximate surface area is 101 Å². The lowest BCUT2D eigenvalue weighted by Crippen LogP contribution is -2.37. The van der Waals surface area contributed by atoms with Gasteiger partial charge in [0.2, 0.25) is 0 Å². The minimum atomic E-state index is -0.881. The van der Waals surface area contributed by atoms with Crippen LogP contribution in [0.4, 0.5) is 0 Å². The average molecular weight is 315 g/mol. The molecule has 0 radical (unpaired) electrons. The molecular formula is C10H10IN3O. The second-order valence-corrected chi connectivity index (χ2v) is 4.78. The van der Waals surface area contributed by atoms with Crippen LogP contribution in [-0.2, 0) is 10.3 Å². The molecule has 1 aliphatic rings. The van der Waals surface area contributed by atoms with E-state index in [1.165, 1.54) is 0 Å². The Morgan fingerprint density at radius 1 is 1.40 bits per heavy atom. The molecular weight excluding hydrogens is 305 g/mol. The number of carbonyl (C=O) groups excluding carboxylic acids is 1. The van der Waals surface area contributed by atoms with Crippen molar-refractivity contribution in [3.05, 3.63) is 33.4 Å². The minimum absolute atomic E-state index is 0.179. The summed E-state index contributed by atoms with van der Waals surface area (Å²) in [4.78, 5) is 15.8. The van der Waals surface area contributed by atoms with Gasteiger partial charge in [-0.15, -0.1) is 0 Å². The zero-order valence-electron chi connectivity index (χ0n) is 8.12. The van der Waals surface area contributed by atoms with Crippen LogP contribution in [0.3, 0.4) is 0 Å². The highest BCUT2D eigenvalue weighted by molar-refractivity contribution is 14.1. The number of aliphatic imine (C=N–C) groups is 1. The molecule has 1 unspecified atom stereocenters. The van der Waals surface area contributed by atoms with E-state index in [1.807, 2.05) is 24.3 Å².